The first kappa shape index (κ1) is 22.8. The van der Waals surface area contributed by atoms with E-state index >= 15 is 0 Å². The van der Waals surface area contributed by atoms with Crippen molar-refractivity contribution < 1.29 is 9.53 Å². The van der Waals surface area contributed by atoms with E-state index in [-0.39, 0.29) is 16.8 Å². The van der Waals surface area contributed by atoms with Crippen LogP contribution in [0.5, 0.6) is 0 Å². The van der Waals surface area contributed by atoms with Gasteiger partial charge in [0.15, 0.2) is 0 Å². The van der Waals surface area contributed by atoms with E-state index in [9.17, 15) is 4.79 Å². The summed E-state index contributed by atoms with van der Waals surface area (Å²) in [6.07, 6.45) is 11.4. The van der Waals surface area contributed by atoms with Crippen LogP contribution in [0.25, 0.3) is 0 Å². The Morgan fingerprint density at radius 2 is 1.91 bits per heavy atom. The van der Waals surface area contributed by atoms with Crippen LogP contribution in [-0.4, -0.2) is 37.9 Å². The Hall–Kier alpha value is -0.605. The monoisotopic (exact) mass is 449 g/mol. The zero-order valence-corrected chi connectivity index (χ0v) is 21.4. The minimum absolute atomic E-state index is 0.0293. The van der Waals surface area contributed by atoms with Gasteiger partial charge in [0.2, 0.25) is 0 Å². The summed E-state index contributed by atoms with van der Waals surface area (Å²) in [7, 11) is 6.65. The zero-order chi connectivity index (χ0) is 23.1. The predicted molar refractivity (Wildman–Crippen MR) is 133 cm³/mol. The van der Waals surface area contributed by atoms with Crippen molar-refractivity contribution in [2.75, 3.05) is 6.54 Å². The lowest BCUT2D eigenvalue weighted by Gasteiger charge is -2.51. The molecule has 0 bridgehead atoms. The van der Waals surface area contributed by atoms with Gasteiger partial charge in [-0.2, -0.15) is 0 Å². The highest BCUT2D eigenvalue weighted by Crippen LogP contribution is 2.65. The summed E-state index contributed by atoms with van der Waals surface area (Å²) in [4.78, 5) is 12.4. The first-order valence-electron chi connectivity index (χ1n) is 14.1. The lowest BCUT2D eigenvalue weighted by atomic mass is 9.51. The van der Waals surface area contributed by atoms with Crippen molar-refractivity contribution in [3.05, 3.63) is 11.1 Å². The highest BCUT2D eigenvalue weighted by molar-refractivity contribution is 6.13. The number of hydrogen-bond acceptors (Lipinski definition) is 3. The fraction of sp³-hybridized carbons (Fsp3) is 0.897. The second-order valence-electron chi connectivity index (χ2n) is 13.5. The number of fused-ring (bicyclic) bond motifs is 6. The van der Waals surface area contributed by atoms with E-state index in [1.807, 2.05) is 0 Å². The number of rotatable bonds is 0. The lowest BCUT2D eigenvalue weighted by Crippen LogP contribution is -2.48. The molecule has 0 aromatic heterocycles. The van der Waals surface area contributed by atoms with E-state index in [4.69, 9.17) is 12.6 Å². The van der Waals surface area contributed by atoms with Gasteiger partial charge in [-0.15, -0.1) is 0 Å². The van der Waals surface area contributed by atoms with Crippen LogP contribution in [0.2, 0.25) is 5.82 Å². The summed E-state index contributed by atoms with van der Waals surface area (Å²) in [5.74, 6) is 4.51. The minimum atomic E-state index is 0.0293. The molecular formula is C29H44BNO2. The molecule has 6 rings (SSSR count). The van der Waals surface area contributed by atoms with Crippen molar-refractivity contribution in [1.29, 1.82) is 0 Å². The number of allylic oxidation sites excluding steroid dienone is 1. The number of hydrogen-bond donors (Lipinski definition) is 1. The molecule has 180 valence electrons. The topological polar surface area (TPSA) is 38.3 Å². The van der Waals surface area contributed by atoms with Crippen LogP contribution in [0.4, 0.5) is 0 Å². The van der Waals surface area contributed by atoms with E-state index in [0.717, 1.165) is 37.6 Å². The molecule has 2 heterocycles. The first-order valence-corrected chi connectivity index (χ1v) is 14.1. The second kappa shape index (κ2) is 7.95. The minimum Gasteiger partial charge on any atom is -0.369 e. The molecule has 4 aliphatic carbocycles. The van der Waals surface area contributed by atoms with Crippen LogP contribution < -0.4 is 5.32 Å². The molecule has 0 aromatic carbocycles. The largest absolute Gasteiger partial charge is 0.369 e. The molecule has 3 saturated carbocycles. The van der Waals surface area contributed by atoms with E-state index in [1.54, 1.807) is 11.1 Å². The van der Waals surface area contributed by atoms with E-state index in [0.29, 0.717) is 48.0 Å². The van der Waals surface area contributed by atoms with E-state index < -0.39 is 0 Å². The van der Waals surface area contributed by atoms with Gasteiger partial charge in [-0.1, -0.05) is 44.2 Å². The number of ketones is 1. The Morgan fingerprint density at radius 1 is 1.09 bits per heavy atom. The molecule has 4 heteroatoms. The number of ether oxygens (including phenoxy) is 1. The third-order valence-corrected chi connectivity index (χ3v) is 11.8. The molecule has 5 fully saturated rings. The number of carbonyl (C=O) groups is 1. The molecule has 1 spiro atoms. The standard InChI is InChI=1S/C29H44BNO2/c1-16-11-26-27(31-15-16)18(3)29(33-26)10-8-20-21-5-6-23-25(30)12-19(32)7-9-28(23,4)24(21)13-22(20)17(2)14-29/h16,18,20-21,23-27,31H,5-15H2,1-4H3/t16-,18+,20-,21-,23+,24-,25?,26+,27-,28-,29-/m0/s1. The van der Waals surface area contributed by atoms with E-state index in [1.165, 1.54) is 38.5 Å². The maximum absolute atomic E-state index is 12.4. The number of Topliss-reactive ketones (excluding diaryl/α,β-unsaturated/α-hetero) is 1. The summed E-state index contributed by atoms with van der Waals surface area (Å²) in [6, 6.07) is 0.532. The number of piperidine rings is 1. The third-order valence-electron chi connectivity index (χ3n) is 11.8. The summed E-state index contributed by atoms with van der Waals surface area (Å²) >= 11 is 0. The summed E-state index contributed by atoms with van der Waals surface area (Å²) in [5.41, 5.74) is 3.68. The van der Waals surface area contributed by atoms with Crippen molar-refractivity contribution in [2.24, 2.45) is 40.9 Å². The van der Waals surface area contributed by atoms with Gasteiger partial charge in [0, 0.05) is 24.8 Å². The molecule has 2 aliphatic heterocycles. The van der Waals surface area contributed by atoms with Gasteiger partial charge in [-0.05, 0) is 93.4 Å². The van der Waals surface area contributed by atoms with Crippen LogP contribution in [0.15, 0.2) is 11.1 Å². The van der Waals surface area contributed by atoms with Gasteiger partial charge >= 0.3 is 0 Å². The second-order valence-corrected chi connectivity index (χ2v) is 13.5. The number of nitrogens with one attached hydrogen (secondary N) is 1. The maximum atomic E-state index is 12.4. The Kier molecular flexibility index (Phi) is 5.50. The molecule has 2 radical (unpaired) electrons. The zero-order valence-electron chi connectivity index (χ0n) is 21.4. The SMILES string of the molecule is [B]C1CC(=O)CC[C@@]2(C)[C@@H]1CC[C@H]1[C@@H]3CC[C@@]4(CC(C)=C3C[C@@H]12)O[C@@H]1C[C@H](C)CN[C@H]1[C@H]4C. The average molecular weight is 449 g/mol. The highest BCUT2D eigenvalue weighted by Gasteiger charge is 2.59. The summed E-state index contributed by atoms with van der Waals surface area (Å²) in [6.45, 7) is 10.9. The van der Waals surface area contributed by atoms with Crippen molar-refractivity contribution in [2.45, 2.75) is 115 Å². The van der Waals surface area contributed by atoms with Crippen molar-refractivity contribution in [3.8, 4) is 0 Å². The fourth-order valence-corrected chi connectivity index (χ4v) is 10.0. The van der Waals surface area contributed by atoms with Gasteiger partial charge in [0.25, 0.3) is 0 Å². The van der Waals surface area contributed by atoms with Crippen LogP contribution in [-0.2, 0) is 9.53 Å². The molecule has 33 heavy (non-hydrogen) atoms. The van der Waals surface area contributed by atoms with Crippen LogP contribution >= 0.6 is 0 Å². The van der Waals surface area contributed by atoms with Crippen LogP contribution in [0, 0.1) is 40.9 Å². The maximum Gasteiger partial charge on any atom is 0.132 e. The first-order chi connectivity index (χ1) is 15.7. The quantitative estimate of drug-likeness (QED) is 0.384. The molecule has 0 aromatic rings. The fourth-order valence-electron chi connectivity index (χ4n) is 10.0. The Balaban J connectivity index is 1.29. The highest BCUT2D eigenvalue weighted by atomic mass is 16.5. The molecule has 6 aliphatic rings. The molecule has 2 saturated heterocycles. The molecule has 3 nitrogen and oxygen atoms in total. The van der Waals surface area contributed by atoms with Gasteiger partial charge < -0.3 is 10.1 Å². The average Bonchev–Trinajstić information content (AvgIpc) is 3.18. The van der Waals surface area contributed by atoms with E-state index in [2.05, 4.69) is 33.0 Å². The molecule has 11 atom stereocenters. The Labute approximate surface area is 202 Å². The summed E-state index contributed by atoms with van der Waals surface area (Å²) in [5, 5.41) is 3.85. The molecular weight excluding hydrogens is 405 g/mol. The Bertz CT molecular complexity index is 855. The smallest absolute Gasteiger partial charge is 0.132 e. The van der Waals surface area contributed by atoms with Gasteiger partial charge in [0.1, 0.15) is 5.78 Å². The van der Waals surface area contributed by atoms with Crippen LogP contribution in [0.1, 0.15) is 91.9 Å². The normalized spacial score (nSPS) is 54.3. The van der Waals surface area contributed by atoms with Crippen molar-refractivity contribution in [1.82, 2.24) is 5.32 Å². The predicted octanol–water partition coefficient (Wildman–Crippen LogP) is 5.64. The lowest BCUT2D eigenvalue weighted by molar-refractivity contribution is -0.119. The molecule has 1 unspecified atom stereocenters. The van der Waals surface area contributed by atoms with Crippen molar-refractivity contribution >= 4 is 13.6 Å². The van der Waals surface area contributed by atoms with Gasteiger partial charge in [0.05, 0.1) is 19.6 Å². The summed E-state index contributed by atoms with van der Waals surface area (Å²) < 4.78 is 7.03. The molecule has 1 N–H and O–H groups in total. The van der Waals surface area contributed by atoms with Gasteiger partial charge in [-0.25, -0.2) is 0 Å². The van der Waals surface area contributed by atoms with Crippen molar-refractivity contribution in [3.63, 3.8) is 0 Å². The molecule has 0 amide bonds. The van der Waals surface area contributed by atoms with Gasteiger partial charge in [-0.3, -0.25) is 4.79 Å². The third kappa shape index (κ3) is 3.39. The van der Waals surface area contributed by atoms with Crippen LogP contribution in [0.3, 0.4) is 0 Å². The Morgan fingerprint density at radius 3 is 2.73 bits per heavy atom. The number of carbonyl (C=O) groups excluding carboxylic acids is 1.